The second-order valence-electron chi connectivity index (χ2n) is 4.20. The van der Waals surface area contributed by atoms with Crippen molar-refractivity contribution in [1.82, 2.24) is 0 Å². The number of hydrogen-bond acceptors (Lipinski definition) is 3. The Morgan fingerprint density at radius 1 is 1.28 bits per heavy atom. The van der Waals surface area contributed by atoms with Gasteiger partial charge in [-0.3, -0.25) is 9.59 Å². The molecule has 0 saturated carbocycles. The summed E-state index contributed by atoms with van der Waals surface area (Å²) in [4.78, 5) is 25.7. The molecular weight excluding hydrogens is 246 g/mol. The lowest BCUT2D eigenvalue weighted by molar-refractivity contribution is -0.121. The molecule has 0 radical (unpaired) electrons. The maximum atomic E-state index is 12.3. The summed E-state index contributed by atoms with van der Waals surface area (Å²) in [7, 11) is 0. The molecule has 4 heteroatoms. The van der Waals surface area contributed by atoms with Crippen LogP contribution < -0.4 is 4.90 Å². The third-order valence-electron chi connectivity index (χ3n) is 3.09. The number of para-hydroxylation sites is 1. The molecule has 1 aromatic rings. The number of anilines is 1. The zero-order chi connectivity index (χ0) is 13.1. The third-order valence-corrected chi connectivity index (χ3v) is 4.19. The van der Waals surface area contributed by atoms with Gasteiger partial charge in [0, 0.05) is 6.42 Å². The molecule has 0 aromatic heterocycles. The van der Waals surface area contributed by atoms with E-state index in [4.69, 9.17) is 0 Å². The van der Waals surface area contributed by atoms with Gasteiger partial charge < -0.3 is 0 Å². The highest BCUT2D eigenvalue weighted by atomic mass is 32.2. The van der Waals surface area contributed by atoms with Crippen LogP contribution in [0.2, 0.25) is 0 Å². The van der Waals surface area contributed by atoms with Gasteiger partial charge in [-0.2, -0.15) is 0 Å². The molecule has 1 heterocycles. The summed E-state index contributed by atoms with van der Waals surface area (Å²) in [6, 6.07) is 7.63. The van der Waals surface area contributed by atoms with Gasteiger partial charge in [0.1, 0.15) is 0 Å². The Labute approximate surface area is 112 Å². The fourth-order valence-corrected chi connectivity index (χ4v) is 3.13. The number of hydrogen-bond donors (Lipinski definition) is 0. The average Bonchev–Trinajstić information content (AvgIpc) is 2.65. The Balaban J connectivity index is 2.33. The topological polar surface area (TPSA) is 37.4 Å². The SMILES string of the molecule is CCSC1CC(=O)N(c2ccccc2CC)C1=O. The van der Waals surface area contributed by atoms with Crippen molar-refractivity contribution in [2.45, 2.75) is 31.9 Å². The van der Waals surface area contributed by atoms with Gasteiger partial charge in [0.25, 0.3) is 0 Å². The van der Waals surface area contributed by atoms with Crippen LogP contribution in [0.3, 0.4) is 0 Å². The van der Waals surface area contributed by atoms with Crippen LogP contribution in [0, 0.1) is 0 Å². The molecular formula is C14H17NO2S. The number of carbonyl (C=O) groups is 2. The van der Waals surface area contributed by atoms with E-state index in [9.17, 15) is 9.59 Å². The molecule has 1 aliphatic heterocycles. The van der Waals surface area contributed by atoms with Crippen molar-refractivity contribution in [3.05, 3.63) is 29.8 Å². The molecule has 0 spiro atoms. The van der Waals surface area contributed by atoms with Crippen LogP contribution in [-0.4, -0.2) is 22.8 Å². The van der Waals surface area contributed by atoms with E-state index in [-0.39, 0.29) is 17.1 Å². The number of rotatable bonds is 4. The maximum absolute atomic E-state index is 12.3. The van der Waals surface area contributed by atoms with Crippen molar-refractivity contribution in [2.75, 3.05) is 10.7 Å². The highest BCUT2D eigenvalue weighted by Crippen LogP contribution is 2.31. The Kier molecular flexibility index (Phi) is 4.07. The third kappa shape index (κ3) is 2.29. The number of thioether (sulfide) groups is 1. The number of benzene rings is 1. The summed E-state index contributed by atoms with van der Waals surface area (Å²) in [5, 5.41) is -0.201. The van der Waals surface area contributed by atoms with Crippen LogP contribution in [-0.2, 0) is 16.0 Å². The first-order valence-corrected chi connectivity index (χ1v) is 7.30. The van der Waals surface area contributed by atoms with Crippen molar-refractivity contribution in [3.63, 3.8) is 0 Å². The standard InChI is InChI=1S/C14H17NO2S/c1-3-10-7-5-6-8-11(10)15-13(16)9-12(14(15)17)18-4-2/h5-8,12H,3-4,9H2,1-2H3. The molecule has 1 aromatic carbocycles. The second-order valence-corrected chi connectivity index (χ2v) is 5.68. The fourth-order valence-electron chi connectivity index (χ4n) is 2.22. The molecule has 96 valence electrons. The number of carbonyl (C=O) groups excluding carboxylic acids is 2. The van der Waals surface area contributed by atoms with Gasteiger partial charge >= 0.3 is 0 Å². The van der Waals surface area contributed by atoms with Gasteiger partial charge in [0.15, 0.2) is 0 Å². The smallest absolute Gasteiger partial charge is 0.247 e. The minimum atomic E-state index is -0.201. The summed E-state index contributed by atoms with van der Waals surface area (Å²) in [5.41, 5.74) is 1.80. The van der Waals surface area contributed by atoms with E-state index < -0.39 is 0 Å². The summed E-state index contributed by atoms with van der Waals surface area (Å²) < 4.78 is 0. The second kappa shape index (κ2) is 5.57. The number of amides is 2. The Hall–Kier alpha value is -1.29. The van der Waals surface area contributed by atoms with Crippen LogP contribution in [0.25, 0.3) is 0 Å². The molecule has 1 atom stereocenters. The van der Waals surface area contributed by atoms with E-state index in [0.717, 1.165) is 23.4 Å². The van der Waals surface area contributed by atoms with Gasteiger partial charge in [-0.05, 0) is 23.8 Å². The minimum absolute atomic E-state index is 0.0623. The molecule has 18 heavy (non-hydrogen) atoms. The lowest BCUT2D eigenvalue weighted by atomic mass is 10.1. The molecule has 1 fully saturated rings. The number of imide groups is 1. The van der Waals surface area contributed by atoms with Crippen molar-refractivity contribution in [2.24, 2.45) is 0 Å². The average molecular weight is 263 g/mol. The van der Waals surface area contributed by atoms with Crippen molar-refractivity contribution in [3.8, 4) is 0 Å². The molecule has 3 nitrogen and oxygen atoms in total. The summed E-state index contributed by atoms with van der Waals surface area (Å²) in [6.45, 7) is 4.03. The Morgan fingerprint density at radius 3 is 2.67 bits per heavy atom. The van der Waals surface area contributed by atoms with Crippen molar-refractivity contribution >= 4 is 29.3 Å². The van der Waals surface area contributed by atoms with Gasteiger partial charge in [-0.25, -0.2) is 4.90 Å². The molecule has 1 saturated heterocycles. The van der Waals surface area contributed by atoms with E-state index >= 15 is 0 Å². The highest BCUT2D eigenvalue weighted by Gasteiger charge is 2.39. The van der Waals surface area contributed by atoms with Gasteiger partial charge in [0.05, 0.1) is 10.9 Å². The monoisotopic (exact) mass is 263 g/mol. The molecule has 2 amide bonds. The van der Waals surface area contributed by atoms with E-state index in [1.165, 1.54) is 4.90 Å². The molecule has 0 aliphatic carbocycles. The summed E-state index contributed by atoms with van der Waals surface area (Å²) in [5.74, 6) is 0.715. The summed E-state index contributed by atoms with van der Waals surface area (Å²) in [6.07, 6.45) is 1.15. The quantitative estimate of drug-likeness (QED) is 0.784. The first kappa shape index (κ1) is 13.1. The van der Waals surface area contributed by atoms with Crippen LogP contribution in [0.4, 0.5) is 5.69 Å². The molecule has 2 rings (SSSR count). The first-order valence-electron chi connectivity index (χ1n) is 6.25. The van der Waals surface area contributed by atoms with Crippen LogP contribution in [0.15, 0.2) is 24.3 Å². The van der Waals surface area contributed by atoms with E-state index in [1.807, 2.05) is 38.1 Å². The fraction of sp³-hybridized carbons (Fsp3) is 0.429. The van der Waals surface area contributed by atoms with Crippen molar-refractivity contribution in [1.29, 1.82) is 0 Å². The molecule has 1 aliphatic rings. The zero-order valence-corrected chi connectivity index (χ0v) is 11.5. The predicted octanol–water partition coefficient (Wildman–Crippen LogP) is 2.63. The van der Waals surface area contributed by atoms with Crippen molar-refractivity contribution < 1.29 is 9.59 Å². The molecule has 1 unspecified atom stereocenters. The minimum Gasteiger partial charge on any atom is -0.274 e. The van der Waals surface area contributed by atoms with Gasteiger partial charge in [-0.15, -0.1) is 11.8 Å². The van der Waals surface area contributed by atoms with E-state index in [2.05, 4.69) is 0 Å². The van der Waals surface area contributed by atoms with E-state index in [0.29, 0.717) is 6.42 Å². The Bertz CT molecular complexity index is 473. The first-order chi connectivity index (χ1) is 8.69. The zero-order valence-electron chi connectivity index (χ0n) is 10.7. The maximum Gasteiger partial charge on any atom is 0.247 e. The van der Waals surface area contributed by atoms with Gasteiger partial charge in [-0.1, -0.05) is 32.0 Å². The van der Waals surface area contributed by atoms with Crippen LogP contribution in [0.5, 0.6) is 0 Å². The van der Waals surface area contributed by atoms with Crippen LogP contribution >= 0.6 is 11.8 Å². The van der Waals surface area contributed by atoms with Crippen LogP contribution in [0.1, 0.15) is 25.8 Å². The molecule has 0 N–H and O–H groups in total. The largest absolute Gasteiger partial charge is 0.274 e. The lowest BCUT2D eigenvalue weighted by Gasteiger charge is -2.18. The van der Waals surface area contributed by atoms with Gasteiger partial charge in [0.2, 0.25) is 11.8 Å². The summed E-state index contributed by atoms with van der Waals surface area (Å²) >= 11 is 1.55. The Morgan fingerprint density at radius 2 is 2.00 bits per heavy atom. The number of nitrogens with zero attached hydrogens (tertiary/aromatic N) is 1. The number of aryl methyl sites for hydroxylation is 1. The highest BCUT2D eigenvalue weighted by molar-refractivity contribution is 8.00. The lowest BCUT2D eigenvalue weighted by Crippen LogP contribution is -2.32. The normalized spacial score (nSPS) is 19.7. The van der Waals surface area contributed by atoms with E-state index in [1.54, 1.807) is 11.8 Å². The molecule has 0 bridgehead atoms. The predicted molar refractivity (Wildman–Crippen MR) is 74.9 cm³/mol.